The van der Waals surface area contributed by atoms with Crippen molar-refractivity contribution in [2.24, 2.45) is 5.84 Å². The van der Waals surface area contributed by atoms with Crippen LogP contribution in [0.15, 0.2) is 6.33 Å². The zero-order chi connectivity index (χ0) is 13.6. The van der Waals surface area contributed by atoms with Crippen molar-refractivity contribution in [3.63, 3.8) is 0 Å². The first-order valence-corrected chi connectivity index (χ1v) is 5.85. The number of methoxy groups -OCH3 is 1. The Balaban J connectivity index is 3.02. The van der Waals surface area contributed by atoms with Crippen LogP contribution in [-0.4, -0.2) is 34.3 Å². The molecule has 0 spiro atoms. The van der Waals surface area contributed by atoms with Crippen molar-refractivity contribution < 1.29 is 9.84 Å². The van der Waals surface area contributed by atoms with E-state index in [-0.39, 0.29) is 12.1 Å². The molecule has 0 fully saturated rings. The highest BCUT2D eigenvalue weighted by Crippen LogP contribution is 2.31. The number of hydrogen-bond acceptors (Lipinski definition) is 7. The third-order valence-corrected chi connectivity index (χ3v) is 3.01. The molecular formula is C11H21N5O2. The third kappa shape index (κ3) is 3.21. The summed E-state index contributed by atoms with van der Waals surface area (Å²) < 4.78 is 5.24. The van der Waals surface area contributed by atoms with E-state index in [1.165, 1.54) is 13.4 Å². The van der Waals surface area contributed by atoms with Gasteiger partial charge in [0.25, 0.3) is 0 Å². The fourth-order valence-electron chi connectivity index (χ4n) is 1.62. The molecule has 102 valence electrons. The summed E-state index contributed by atoms with van der Waals surface area (Å²) in [5, 5.41) is 12.4. The smallest absolute Gasteiger partial charge is 0.205 e. The lowest BCUT2D eigenvalue weighted by Crippen LogP contribution is -2.35. The van der Waals surface area contributed by atoms with Crippen molar-refractivity contribution in [1.82, 2.24) is 9.97 Å². The summed E-state index contributed by atoms with van der Waals surface area (Å²) in [5.41, 5.74) is 2.20. The number of rotatable bonds is 7. The number of nitrogen functional groups attached to an aromatic ring is 1. The zero-order valence-electron chi connectivity index (χ0n) is 11.0. The number of aromatic nitrogens is 2. The topological polar surface area (TPSA) is 105 Å². The Bertz CT molecular complexity index is 388. The molecule has 0 radical (unpaired) electrons. The standard InChI is InChI=1S/C11H21N5O2/c1-4-11(2,5-6-17)15-9-8(18-3)10(16-12)14-7-13-9/h7,17H,4-6,12H2,1-3H3,(H2,13,14,15,16). The molecule has 0 aliphatic rings. The van der Waals surface area contributed by atoms with Gasteiger partial charge in [0.05, 0.1) is 7.11 Å². The summed E-state index contributed by atoms with van der Waals surface area (Å²) in [6, 6.07) is 0. The van der Waals surface area contributed by atoms with Gasteiger partial charge in [-0.05, 0) is 19.8 Å². The Kier molecular flexibility index (Phi) is 5.11. The number of anilines is 2. The van der Waals surface area contributed by atoms with Crippen molar-refractivity contribution in [3.8, 4) is 5.75 Å². The molecule has 1 aromatic heterocycles. The predicted molar refractivity (Wildman–Crippen MR) is 70.4 cm³/mol. The van der Waals surface area contributed by atoms with Gasteiger partial charge in [0.15, 0.2) is 11.6 Å². The van der Waals surface area contributed by atoms with Crippen molar-refractivity contribution in [3.05, 3.63) is 6.33 Å². The average Bonchev–Trinajstić information content (AvgIpc) is 2.38. The summed E-state index contributed by atoms with van der Waals surface area (Å²) in [6.07, 6.45) is 2.85. The molecule has 1 unspecified atom stereocenters. The molecule has 0 saturated carbocycles. The average molecular weight is 255 g/mol. The maximum Gasteiger partial charge on any atom is 0.205 e. The van der Waals surface area contributed by atoms with Gasteiger partial charge in [0.1, 0.15) is 6.33 Å². The maximum atomic E-state index is 9.10. The molecule has 0 aliphatic heterocycles. The molecule has 1 atom stereocenters. The maximum absolute atomic E-state index is 9.10. The van der Waals surface area contributed by atoms with Crippen LogP contribution in [0.4, 0.5) is 11.6 Å². The highest BCUT2D eigenvalue weighted by molar-refractivity contribution is 5.63. The van der Waals surface area contributed by atoms with Gasteiger partial charge in [-0.1, -0.05) is 6.92 Å². The van der Waals surface area contributed by atoms with Crippen LogP contribution in [0.5, 0.6) is 5.75 Å². The van der Waals surface area contributed by atoms with E-state index in [9.17, 15) is 0 Å². The van der Waals surface area contributed by atoms with Gasteiger partial charge < -0.3 is 20.6 Å². The molecule has 1 heterocycles. The highest BCUT2D eigenvalue weighted by atomic mass is 16.5. The minimum absolute atomic E-state index is 0.104. The molecule has 7 heteroatoms. The predicted octanol–water partition coefficient (Wildman–Crippen LogP) is 0.734. The number of nitrogens with two attached hydrogens (primary N) is 1. The van der Waals surface area contributed by atoms with Gasteiger partial charge in [-0.3, -0.25) is 0 Å². The minimum atomic E-state index is -0.262. The van der Waals surface area contributed by atoms with E-state index >= 15 is 0 Å². The van der Waals surface area contributed by atoms with Gasteiger partial charge in [0.2, 0.25) is 5.75 Å². The number of nitrogens with zero attached hydrogens (tertiary/aromatic N) is 2. The van der Waals surface area contributed by atoms with Gasteiger partial charge in [-0.2, -0.15) is 0 Å². The molecular weight excluding hydrogens is 234 g/mol. The second-order valence-electron chi connectivity index (χ2n) is 4.26. The lowest BCUT2D eigenvalue weighted by Gasteiger charge is -2.30. The molecule has 1 rings (SSSR count). The Hall–Kier alpha value is -1.60. The van der Waals surface area contributed by atoms with E-state index < -0.39 is 0 Å². The molecule has 1 aromatic rings. The monoisotopic (exact) mass is 255 g/mol. The van der Waals surface area contributed by atoms with Crippen LogP contribution < -0.4 is 21.3 Å². The van der Waals surface area contributed by atoms with E-state index in [2.05, 4.69) is 20.7 Å². The van der Waals surface area contributed by atoms with E-state index in [1.807, 2.05) is 13.8 Å². The van der Waals surface area contributed by atoms with Gasteiger partial charge in [-0.25, -0.2) is 15.8 Å². The number of hydrazine groups is 1. The molecule has 0 aliphatic carbocycles. The Morgan fingerprint density at radius 1 is 1.44 bits per heavy atom. The normalized spacial score (nSPS) is 13.8. The van der Waals surface area contributed by atoms with Gasteiger partial charge in [0, 0.05) is 12.1 Å². The summed E-state index contributed by atoms with van der Waals surface area (Å²) in [7, 11) is 1.53. The summed E-state index contributed by atoms with van der Waals surface area (Å²) in [6.45, 7) is 4.16. The first kappa shape index (κ1) is 14.5. The first-order valence-electron chi connectivity index (χ1n) is 5.85. The van der Waals surface area contributed by atoms with E-state index in [1.54, 1.807) is 0 Å². The van der Waals surface area contributed by atoms with Crippen molar-refractivity contribution in [2.75, 3.05) is 24.5 Å². The number of aliphatic hydroxyl groups excluding tert-OH is 1. The van der Waals surface area contributed by atoms with Crippen LogP contribution in [0.3, 0.4) is 0 Å². The summed E-state index contributed by atoms with van der Waals surface area (Å²) in [5.74, 6) is 6.79. The molecule has 0 bridgehead atoms. The number of aliphatic hydroxyl groups is 1. The molecule has 0 saturated heterocycles. The number of nitrogens with one attached hydrogen (secondary N) is 2. The van der Waals surface area contributed by atoms with E-state index in [0.717, 1.165) is 6.42 Å². The largest absolute Gasteiger partial charge is 0.490 e. The van der Waals surface area contributed by atoms with Crippen LogP contribution in [0.1, 0.15) is 26.7 Å². The number of ether oxygens (including phenoxy) is 1. The van der Waals surface area contributed by atoms with E-state index in [0.29, 0.717) is 23.8 Å². The first-order chi connectivity index (χ1) is 8.60. The Morgan fingerprint density at radius 2 is 2.11 bits per heavy atom. The van der Waals surface area contributed by atoms with Crippen LogP contribution in [0, 0.1) is 0 Å². The Labute approximate surface area is 107 Å². The summed E-state index contributed by atoms with van der Waals surface area (Å²) in [4.78, 5) is 8.12. The van der Waals surface area contributed by atoms with Crippen LogP contribution in [0.25, 0.3) is 0 Å². The SMILES string of the molecule is CCC(C)(CCO)Nc1ncnc(NN)c1OC. The molecule has 0 amide bonds. The highest BCUT2D eigenvalue weighted by Gasteiger charge is 2.24. The minimum Gasteiger partial charge on any atom is -0.490 e. The van der Waals surface area contributed by atoms with E-state index in [4.69, 9.17) is 15.7 Å². The fraction of sp³-hybridized carbons (Fsp3) is 0.636. The second-order valence-corrected chi connectivity index (χ2v) is 4.26. The van der Waals surface area contributed by atoms with Crippen molar-refractivity contribution >= 4 is 11.6 Å². The quantitative estimate of drug-likeness (QED) is 0.420. The molecule has 7 nitrogen and oxygen atoms in total. The summed E-state index contributed by atoms with van der Waals surface area (Å²) >= 11 is 0. The van der Waals surface area contributed by atoms with Crippen molar-refractivity contribution in [2.45, 2.75) is 32.2 Å². The van der Waals surface area contributed by atoms with Crippen molar-refractivity contribution in [1.29, 1.82) is 0 Å². The van der Waals surface area contributed by atoms with Gasteiger partial charge >= 0.3 is 0 Å². The molecule has 18 heavy (non-hydrogen) atoms. The zero-order valence-corrected chi connectivity index (χ0v) is 11.0. The number of hydrogen-bond donors (Lipinski definition) is 4. The molecule has 5 N–H and O–H groups in total. The third-order valence-electron chi connectivity index (χ3n) is 3.01. The lowest BCUT2D eigenvalue weighted by atomic mass is 9.95. The second kappa shape index (κ2) is 6.36. The fourth-order valence-corrected chi connectivity index (χ4v) is 1.62. The molecule has 0 aromatic carbocycles. The lowest BCUT2D eigenvalue weighted by molar-refractivity contribution is 0.251. The van der Waals surface area contributed by atoms with Crippen LogP contribution >= 0.6 is 0 Å². The Morgan fingerprint density at radius 3 is 2.61 bits per heavy atom. The van der Waals surface area contributed by atoms with Gasteiger partial charge in [-0.15, -0.1) is 0 Å². The van der Waals surface area contributed by atoms with Crippen LogP contribution in [0.2, 0.25) is 0 Å². The van der Waals surface area contributed by atoms with Crippen LogP contribution in [-0.2, 0) is 0 Å².